The number of benzene rings is 1. The first-order valence-corrected chi connectivity index (χ1v) is 9.40. The molecule has 4 rings (SSSR count). The smallest absolute Gasteiger partial charge is 0.253 e. The summed E-state index contributed by atoms with van der Waals surface area (Å²) in [6.45, 7) is 4.34. The molecule has 0 aliphatic carbocycles. The molecule has 138 valence electrons. The van der Waals surface area contributed by atoms with E-state index in [1.165, 1.54) is 0 Å². The number of nitrogens with one attached hydrogen (secondary N) is 1. The van der Waals surface area contributed by atoms with Crippen molar-refractivity contribution in [2.24, 2.45) is 0 Å². The van der Waals surface area contributed by atoms with Crippen LogP contribution in [0.2, 0.25) is 0 Å². The second-order valence-electron chi connectivity index (χ2n) is 6.95. The summed E-state index contributed by atoms with van der Waals surface area (Å²) in [5, 5.41) is 11.9. The number of hydrogen-bond donors (Lipinski definition) is 1. The van der Waals surface area contributed by atoms with Gasteiger partial charge in [0.25, 0.3) is 5.91 Å². The van der Waals surface area contributed by atoms with E-state index in [1.807, 2.05) is 18.2 Å². The van der Waals surface area contributed by atoms with E-state index in [4.69, 9.17) is 15.0 Å². The van der Waals surface area contributed by atoms with Crippen LogP contribution < -0.4 is 15.0 Å². The number of pyridine rings is 1. The second kappa shape index (κ2) is 7.28. The normalized spacial score (nSPS) is 16.6. The summed E-state index contributed by atoms with van der Waals surface area (Å²) in [7, 11) is 0. The van der Waals surface area contributed by atoms with Gasteiger partial charge >= 0.3 is 0 Å². The summed E-state index contributed by atoms with van der Waals surface area (Å²) in [5.74, 6) is 1.73. The summed E-state index contributed by atoms with van der Waals surface area (Å²) in [5.41, 5.74) is 3.29. The minimum Gasteiger partial charge on any atom is -0.490 e. The van der Waals surface area contributed by atoms with Gasteiger partial charge in [0.05, 0.1) is 29.4 Å². The zero-order valence-electron chi connectivity index (χ0n) is 15.4. The molecule has 1 saturated heterocycles. The predicted molar refractivity (Wildman–Crippen MR) is 102 cm³/mol. The molecule has 2 aliphatic rings. The van der Waals surface area contributed by atoms with E-state index >= 15 is 0 Å². The predicted octanol–water partition coefficient (Wildman–Crippen LogP) is 2.81. The van der Waals surface area contributed by atoms with Crippen LogP contribution >= 0.6 is 0 Å². The minimum absolute atomic E-state index is 0.0227. The van der Waals surface area contributed by atoms with E-state index in [9.17, 15) is 4.79 Å². The number of piperidine rings is 1. The van der Waals surface area contributed by atoms with E-state index in [2.05, 4.69) is 23.2 Å². The molecule has 27 heavy (non-hydrogen) atoms. The molecule has 6 nitrogen and oxygen atoms in total. The van der Waals surface area contributed by atoms with E-state index in [0.29, 0.717) is 17.7 Å². The minimum atomic E-state index is -0.0227. The van der Waals surface area contributed by atoms with Gasteiger partial charge in [0.2, 0.25) is 0 Å². The first-order chi connectivity index (χ1) is 13.2. The van der Waals surface area contributed by atoms with Crippen molar-refractivity contribution in [1.29, 1.82) is 5.26 Å². The molecule has 0 saturated carbocycles. The molecule has 1 N–H and O–H groups in total. The molecule has 3 heterocycles. The van der Waals surface area contributed by atoms with Gasteiger partial charge in [-0.15, -0.1) is 0 Å². The molecule has 0 spiro atoms. The van der Waals surface area contributed by atoms with Crippen LogP contribution in [0.15, 0.2) is 30.3 Å². The number of hydrogen-bond acceptors (Lipinski definition) is 5. The Morgan fingerprint density at radius 1 is 1.33 bits per heavy atom. The van der Waals surface area contributed by atoms with Crippen LogP contribution in [0, 0.1) is 11.3 Å². The number of aryl methyl sites for hydroxylation is 1. The standard InChI is InChI=1S/C21H22N4O2/c1-2-15-11-18-19(13-23-21(18)26)24-20(15)25-8-6-16(7-9-25)27-17-5-3-4-14(10-17)12-22/h3-5,10-11,16H,2,6-9,13H2,1H3,(H,23,26). The Morgan fingerprint density at radius 2 is 2.15 bits per heavy atom. The summed E-state index contributed by atoms with van der Waals surface area (Å²) >= 11 is 0. The maximum atomic E-state index is 11.9. The molecule has 6 heteroatoms. The lowest BCUT2D eigenvalue weighted by Gasteiger charge is -2.34. The fourth-order valence-electron chi connectivity index (χ4n) is 3.72. The fraction of sp³-hybridized carbons (Fsp3) is 0.381. The molecule has 0 unspecified atom stereocenters. The average Bonchev–Trinajstić information content (AvgIpc) is 3.07. The average molecular weight is 362 g/mol. The van der Waals surface area contributed by atoms with Crippen molar-refractivity contribution in [2.45, 2.75) is 38.8 Å². The maximum absolute atomic E-state index is 11.9. The third kappa shape index (κ3) is 3.45. The van der Waals surface area contributed by atoms with Crippen LogP contribution in [0.25, 0.3) is 0 Å². The van der Waals surface area contributed by atoms with Crippen LogP contribution in [-0.4, -0.2) is 30.1 Å². The molecule has 0 bridgehead atoms. The van der Waals surface area contributed by atoms with Crippen molar-refractivity contribution in [3.63, 3.8) is 0 Å². The number of carbonyl (C=O) groups is 1. The maximum Gasteiger partial charge on any atom is 0.253 e. The third-order valence-corrected chi connectivity index (χ3v) is 5.21. The number of fused-ring (bicyclic) bond motifs is 1. The number of anilines is 1. The summed E-state index contributed by atoms with van der Waals surface area (Å²) in [6.07, 6.45) is 2.78. The molecule has 2 aliphatic heterocycles. The number of nitrogens with zero attached hydrogens (tertiary/aromatic N) is 3. The van der Waals surface area contributed by atoms with Crippen LogP contribution in [0.4, 0.5) is 5.82 Å². The van der Waals surface area contributed by atoms with Crippen molar-refractivity contribution in [1.82, 2.24) is 10.3 Å². The molecule has 2 aromatic rings. The van der Waals surface area contributed by atoms with Gasteiger partial charge in [-0.3, -0.25) is 4.79 Å². The van der Waals surface area contributed by atoms with Crippen molar-refractivity contribution in [2.75, 3.05) is 18.0 Å². The molecule has 1 aromatic carbocycles. The Kier molecular flexibility index (Phi) is 4.68. The van der Waals surface area contributed by atoms with E-state index < -0.39 is 0 Å². The summed E-state index contributed by atoms with van der Waals surface area (Å²) in [6, 6.07) is 11.4. The van der Waals surface area contributed by atoms with Crippen molar-refractivity contribution in [3.05, 3.63) is 52.7 Å². The van der Waals surface area contributed by atoms with Crippen molar-refractivity contribution in [3.8, 4) is 11.8 Å². The highest BCUT2D eigenvalue weighted by molar-refractivity contribution is 5.98. The van der Waals surface area contributed by atoms with Gasteiger partial charge in [0.1, 0.15) is 17.7 Å². The Bertz CT molecular complexity index is 911. The van der Waals surface area contributed by atoms with Gasteiger partial charge in [0.15, 0.2) is 0 Å². The molecular weight excluding hydrogens is 340 g/mol. The highest BCUT2D eigenvalue weighted by Crippen LogP contribution is 2.28. The van der Waals surface area contributed by atoms with Gasteiger partial charge in [0, 0.05) is 25.9 Å². The topological polar surface area (TPSA) is 78.2 Å². The number of nitriles is 1. The van der Waals surface area contributed by atoms with Gasteiger partial charge in [-0.2, -0.15) is 5.26 Å². The molecule has 1 fully saturated rings. The van der Waals surface area contributed by atoms with Crippen LogP contribution in [-0.2, 0) is 13.0 Å². The summed E-state index contributed by atoms with van der Waals surface area (Å²) in [4.78, 5) is 19.0. The van der Waals surface area contributed by atoms with Crippen LogP contribution in [0.1, 0.15) is 46.9 Å². The summed E-state index contributed by atoms with van der Waals surface area (Å²) < 4.78 is 6.07. The lowest BCUT2D eigenvalue weighted by atomic mass is 10.0. The molecule has 1 aromatic heterocycles. The number of aromatic nitrogens is 1. The second-order valence-corrected chi connectivity index (χ2v) is 6.95. The SMILES string of the molecule is CCc1cc2c(nc1N1CCC(Oc3cccc(C#N)c3)CC1)CNC2=O. The van der Waals surface area contributed by atoms with Crippen LogP contribution in [0.5, 0.6) is 5.75 Å². The van der Waals surface area contributed by atoms with E-state index in [0.717, 1.165) is 55.2 Å². The van der Waals surface area contributed by atoms with Gasteiger partial charge in [-0.05, 0) is 36.2 Å². The Labute approximate surface area is 158 Å². The third-order valence-electron chi connectivity index (χ3n) is 5.21. The lowest BCUT2D eigenvalue weighted by Crippen LogP contribution is -2.39. The fourth-order valence-corrected chi connectivity index (χ4v) is 3.72. The van der Waals surface area contributed by atoms with Crippen molar-refractivity contribution < 1.29 is 9.53 Å². The monoisotopic (exact) mass is 362 g/mol. The number of rotatable bonds is 4. The number of ether oxygens (including phenoxy) is 1. The Balaban J connectivity index is 1.45. The van der Waals surface area contributed by atoms with E-state index in [1.54, 1.807) is 12.1 Å². The first kappa shape index (κ1) is 17.3. The molecular formula is C21H22N4O2. The quantitative estimate of drug-likeness (QED) is 0.905. The zero-order chi connectivity index (χ0) is 18.8. The Morgan fingerprint density at radius 3 is 2.89 bits per heavy atom. The largest absolute Gasteiger partial charge is 0.490 e. The molecule has 0 atom stereocenters. The number of amides is 1. The molecule has 0 radical (unpaired) electrons. The first-order valence-electron chi connectivity index (χ1n) is 9.40. The highest BCUT2D eigenvalue weighted by Gasteiger charge is 2.27. The lowest BCUT2D eigenvalue weighted by molar-refractivity contribution is 0.0965. The Hall–Kier alpha value is -3.07. The van der Waals surface area contributed by atoms with Crippen molar-refractivity contribution >= 4 is 11.7 Å². The van der Waals surface area contributed by atoms with Gasteiger partial charge < -0.3 is 15.0 Å². The number of carbonyl (C=O) groups excluding carboxylic acids is 1. The van der Waals surface area contributed by atoms with E-state index in [-0.39, 0.29) is 12.0 Å². The molecule has 1 amide bonds. The highest BCUT2D eigenvalue weighted by atomic mass is 16.5. The van der Waals surface area contributed by atoms with Crippen LogP contribution in [0.3, 0.4) is 0 Å². The van der Waals surface area contributed by atoms with Gasteiger partial charge in [-0.25, -0.2) is 4.98 Å². The zero-order valence-corrected chi connectivity index (χ0v) is 15.4. The van der Waals surface area contributed by atoms with Gasteiger partial charge in [-0.1, -0.05) is 13.0 Å².